The maximum atomic E-state index is 12.4. The Kier molecular flexibility index (Phi) is 4.14. The van der Waals surface area contributed by atoms with Crippen molar-refractivity contribution < 1.29 is 26.7 Å². The molecule has 0 atom stereocenters. The third-order valence-corrected chi connectivity index (χ3v) is 7.79. The van der Waals surface area contributed by atoms with E-state index in [2.05, 4.69) is 4.98 Å². The van der Waals surface area contributed by atoms with E-state index in [1.165, 1.54) is 0 Å². The van der Waals surface area contributed by atoms with Gasteiger partial charge in [-0.05, 0) is 6.42 Å². The van der Waals surface area contributed by atoms with Crippen molar-refractivity contribution in [3.63, 3.8) is 0 Å². The van der Waals surface area contributed by atoms with Gasteiger partial charge in [0.2, 0.25) is 0 Å². The maximum absolute atomic E-state index is 12.4. The van der Waals surface area contributed by atoms with Gasteiger partial charge in [-0.1, -0.05) is 0 Å². The van der Waals surface area contributed by atoms with Crippen LogP contribution >= 0.6 is 11.3 Å². The lowest BCUT2D eigenvalue weighted by molar-refractivity contribution is 0.0687. The fourth-order valence-corrected chi connectivity index (χ4v) is 5.98. The molecule has 1 fully saturated rings. The number of hydrogen-bond donors (Lipinski definition) is 1. The lowest BCUT2D eigenvalue weighted by Crippen LogP contribution is -2.34. The van der Waals surface area contributed by atoms with Crippen LogP contribution in [0.5, 0.6) is 0 Å². The molecule has 0 aliphatic carbocycles. The van der Waals surface area contributed by atoms with Crippen molar-refractivity contribution in [3.8, 4) is 0 Å². The normalized spacial score (nSPS) is 20.4. The molecule has 0 spiro atoms. The molecule has 2 heterocycles. The summed E-state index contributed by atoms with van der Waals surface area (Å²) in [6.45, 7) is -0.111. The van der Waals surface area contributed by atoms with Crippen molar-refractivity contribution in [2.24, 2.45) is 0 Å². The maximum Gasteiger partial charge on any atom is 0.356 e. The van der Waals surface area contributed by atoms with Crippen LogP contribution in [-0.2, 0) is 19.9 Å². The Morgan fingerprint density at radius 2 is 2.05 bits per heavy atom. The van der Waals surface area contributed by atoms with E-state index >= 15 is 0 Å². The second kappa shape index (κ2) is 5.39. The van der Waals surface area contributed by atoms with E-state index in [9.17, 15) is 21.6 Å². The Hall–Kier alpha value is -1.04. The van der Waals surface area contributed by atoms with E-state index in [4.69, 9.17) is 5.11 Å². The van der Waals surface area contributed by atoms with Gasteiger partial charge in [0.05, 0.1) is 17.0 Å². The predicted molar refractivity (Wildman–Crippen MR) is 71.1 cm³/mol. The molecule has 1 N–H and O–H groups in total. The summed E-state index contributed by atoms with van der Waals surface area (Å²) in [5.74, 6) is -1.74. The van der Waals surface area contributed by atoms with Crippen molar-refractivity contribution in [1.29, 1.82) is 0 Å². The summed E-state index contributed by atoms with van der Waals surface area (Å²) in [7, 11) is -7.27. The molecule has 0 radical (unpaired) electrons. The summed E-state index contributed by atoms with van der Waals surface area (Å²) in [5.41, 5.74) is 0.618. The minimum atomic E-state index is -4.02. The molecular weight excluding hydrogens is 328 g/mol. The number of sulfone groups is 1. The molecular formula is C9H12N2O6S3. The monoisotopic (exact) mass is 340 g/mol. The summed E-state index contributed by atoms with van der Waals surface area (Å²) in [6.07, 6.45) is 0.197. The molecule has 1 aliphatic heterocycles. The van der Waals surface area contributed by atoms with Crippen LogP contribution in [0.1, 0.15) is 16.9 Å². The first kappa shape index (κ1) is 15.4. The smallest absolute Gasteiger partial charge is 0.356 e. The molecule has 1 aliphatic rings. The molecule has 1 saturated heterocycles. The highest BCUT2D eigenvalue weighted by molar-refractivity contribution is 7.92. The van der Waals surface area contributed by atoms with Crippen molar-refractivity contribution in [3.05, 3.63) is 11.2 Å². The number of hydrogen-bond acceptors (Lipinski definition) is 7. The van der Waals surface area contributed by atoms with E-state index in [0.29, 0.717) is 11.3 Å². The third-order valence-electron chi connectivity index (χ3n) is 2.83. The van der Waals surface area contributed by atoms with E-state index in [1.807, 2.05) is 0 Å². The van der Waals surface area contributed by atoms with Crippen LogP contribution in [0, 0.1) is 0 Å². The molecule has 0 bridgehead atoms. The number of carboxylic acid groups (broad SMARTS) is 1. The van der Waals surface area contributed by atoms with Crippen LogP contribution in [0.4, 0.5) is 0 Å². The van der Waals surface area contributed by atoms with Gasteiger partial charge < -0.3 is 5.11 Å². The SMILES string of the molecule is O=C(O)c1ncsc1S(=O)(=O)N1CCCS(=O)(=O)CC1. The number of aromatic carboxylic acids is 1. The highest BCUT2D eigenvalue weighted by atomic mass is 32.2. The zero-order valence-corrected chi connectivity index (χ0v) is 12.7. The fraction of sp³-hybridized carbons (Fsp3) is 0.556. The van der Waals surface area contributed by atoms with Crippen molar-refractivity contribution in [2.45, 2.75) is 10.6 Å². The van der Waals surface area contributed by atoms with Crippen molar-refractivity contribution in [1.82, 2.24) is 9.29 Å². The standard InChI is InChI=1S/C9H12N2O6S3/c12-8(13)7-9(18-6-10-7)20(16,17)11-2-1-4-19(14,15)5-3-11/h6H,1-5H2,(H,12,13). The van der Waals surface area contributed by atoms with Gasteiger partial charge in [0.15, 0.2) is 19.7 Å². The number of carbonyl (C=O) groups is 1. The molecule has 1 aromatic rings. The molecule has 8 nitrogen and oxygen atoms in total. The van der Waals surface area contributed by atoms with Crippen LogP contribution in [0.2, 0.25) is 0 Å². The summed E-state index contributed by atoms with van der Waals surface area (Å²) in [5, 5.41) is 8.92. The molecule has 0 aromatic carbocycles. The Labute approximate surface area is 120 Å². The van der Waals surface area contributed by atoms with E-state index in [0.717, 1.165) is 9.82 Å². The van der Waals surface area contributed by atoms with Crippen molar-refractivity contribution in [2.75, 3.05) is 24.6 Å². The van der Waals surface area contributed by atoms with Crippen LogP contribution < -0.4 is 0 Å². The minimum Gasteiger partial charge on any atom is -0.476 e. The van der Waals surface area contributed by atoms with Crippen LogP contribution in [0.15, 0.2) is 9.72 Å². The van der Waals surface area contributed by atoms with Crippen molar-refractivity contribution >= 4 is 37.2 Å². The first-order chi connectivity index (χ1) is 9.24. The molecule has 0 saturated carbocycles. The van der Waals surface area contributed by atoms with Gasteiger partial charge in [-0.2, -0.15) is 4.31 Å². The summed E-state index contributed by atoms with van der Waals surface area (Å²) in [4.78, 5) is 14.5. The van der Waals surface area contributed by atoms with Gasteiger partial charge in [-0.3, -0.25) is 0 Å². The lowest BCUT2D eigenvalue weighted by Gasteiger charge is -2.18. The quantitative estimate of drug-likeness (QED) is 0.798. The number of sulfonamides is 1. The summed E-state index contributed by atoms with van der Waals surface area (Å²) >= 11 is 0.714. The number of thiazole rings is 1. The lowest BCUT2D eigenvalue weighted by atomic mass is 10.5. The molecule has 0 unspecified atom stereocenters. The third kappa shape index (κ3) is 3.00. The Morgan fingerprint density at radius 1 is 1.35 bits per heavy atom. The topological polar surface area (TPSA) is 122 Å². The van der Waals surface area contributed by atoms with E-state index in [1.54, 1.807) is 0 Å². The second-order valence-corrected chi connectivity index (χ2v) is 9.49. The average molecular weight is 340 g/mol. The number of rotatable bonds is 3. The van der Waals surface area contributed by atoms with Gasteiger partial charge in [0.25, 0.3) is 10.0 Å². The Balaban J connectivity index is 2.35. The van der Waals surface area contributed by atoms with E-state index in [-0.39, 0.29) is 35.2 Å². The van der Waals surface area contributed by atoms with Crippen LogP contribution in [-0.4, -0.2) is 61.8 Å². The van der Waals surface area contributed by atoms with Gasteiger partial charge in [-0.15, -0.1) is 11.3 Å². The minimum absolute atomic E-state index is 0.0541. The largest absolute Gasteiger partial charge is 0.476 e. The zero-order chi connectivity index (χ0) is 15.0. The Bertz CT molecular complexity index is 721. The van der Waals surface area contributed by atoms with E-state index < -0.39 is 31.5 Å². The second-order valence-electron chi connectivity index (χ2n) is 4.20. The van der Waals surface area contributed by atoms with Crippen LogP contribution in [0.25, 0.3) is 0 Å². The van der Waals surface area contributed by atoms with Gasteiger partial charge in [0, 0.05) is 13.1 Å². The highest BCUT2D eigenvalue weighted by Gasteiger charge is 2.33. The van der Waals surface area contributed by atoms with Gasteiger partial charge in [-0.25, -0.2) is 26.6 Å². The van der Waals surface area contributed by atoms with Gasteiger partial charge >= 0.3 is 5.97 Å². The number of nitrogens with zero attached hydrogens (tertiary/aromatic N) is 2. The highest BCUT2D eigenvalue weighted by Crippen LogP contribution is 2.25. The summed E-state index contributed by atoms with van der Waals surface area (Å²) < 4.78 is 48.4. The molecule has 20 heavy (non-hydrogen) atoms. The zero-order valence-electron chi connectivity index (χ0n) is 10.2. The number of carboxylic acids is 1. The molecule has 0 amide bonds. The van der Waals surface area contributed by atoms with Crippen LogP contribution in [0.3, 0.4) is 0 Å². The first-order valence-electron chi connectivity index (χ1n) is 5.61. The van der Waals surface area contributed by atoms with Gasteiger partial charge in [0.1, 0.15) is 0 Å². The molecule has 1 aromatic heterocycles. The first-order valence-corrected chi connectivity index (χ1v) is 9.75. The molecule has 2 rings (SSSR count). The number of aromatic nitrogens is 1. The Morgan fingerprint density at radius 3 is 2.70 bits per heavy atom. The molecule has 112 valence electrons. The average Bonchev–Trinajstić information content (AvgIpc) is 2.76. The predicted octanol–water partition coefficient (Wildman–Crippen LogP) is -0.349. The summed E-state index contributed by atoms with van der Waals surface area (Å²) in [6, 6.07) is 0. The fourth-order valence-electron chi connectivity index (χ4n) is 1.83. The molecule has 11 heteroatoms.